The van der Waals surface area contributed by atoms with Gasteiger partial charge in [-0.05, 0) is 31.5 Å². The lowest BCUT2D eigenvalue weighted by molar-refractivity contribution is -0.144. The zero-order valence-electron chi connectivity index (χ0n) is 13.6. The molecule has 4 nitrogen and oxygen atoms in total. The predicted octanol–water partition coefficient (Wildman–Crippen LogP) is 4.79. The fraction of sp³-hybridized carbons (Fsp3) is 0.167. The molecule has 128 valence electrons. The molecule has 7 heteroatoms. The van der Waals surface area contributed by atoms with Crippen molar-refractivity contribution in [2.75, 3.05) is 5.43 Å². The van der Waals surface area contributed by atoms with E-state index in [1.165, 1.54) is 6.07 Å². The van der Waals surface area contributed by atoms with E-state index >= 15 is 0 Å². The summed E-state index contributed by atoms with van der Waals surface area (Å²) in [6.45, 7) is 3.74. The van der Waals surface area contributed by atoms with Gasteiger partial charge < -0.3 is 0 Å². The van der Waals surface area contributed by atoms with E-state index in [0.29, 0.717) is 11.1 Å². The number of anilines is 1. The average molecular weight is 344 g/mol. The molecule has 0 aliphatic carbocycles. The molecule has 1 aromatic heterocycles. The Labute approximate surface area is 142 Å². The van der Waals surface area contributed by atoms with Gasteiger partial charge in [0.15, 0.2) is 5.82 Å². The number of alkyl halides is 3. The van der Waals surface area contributed by atoms with Crippen molar-refractivity contribution in [2.24, 2.45) is 5.10 Å². The lowest BCUT2D eigenvalue weighted by atomic mass is 10.1. The van der Waals surface area contributed by atoms with Crippen molar-refractivity contribution in [1.29, 1.82) is 0 Å². The maximum Gasteiger partial charge on any atom is 0.451 e. The van der Waals surface area contributed by atoms with Crippen molar-refractivity contribution in [3.05, 3.63) is 65.5 Å². The first-order valence-electron chi connectivity index (χ1n) is 7.56. The Kier molecular flexibility index (Phi) is 4.39. The molecular formula is C18H15F3N4. The molecule has 0 atom stereocenters. The first-order valence-corrected chi connectivity index (χ1v) is 7.56. The zero-order chi connectivity index (χ0) is 18.0. The smallest absolute Gasteiger partial charge is 0.260 e. The Morgan fingerprint density at radius 1 is 1.00 bits per heavy atom. The molecule has 3 rings (SSSR count). The quantitative estimate of drug-likeness (QED) is 0.549. The fourth-order valence-corrected chi connectivity index (χ4v) is 2.28. The van der Waals surface area contributed by atoms with Crippen LogP contribution in [-0.2, 0) is 6.18 Å². The van der Waals surface area contributed by atoms with Gasteiger partial charge in [0, 0.05) is 5.39 Å². The highest BCUT2D eigenvalue weighted by Gasteiger charge is 2.35. The van der Waals surface area contributed by atoms with Gasteiger partial charge in [0.2, 0.25) is 5.82 Å². The van der Waals surface area contributed by atoms with Crippen LogP contribution in [0.2, 0.25) is 0 Å². The predicted molar refractivity (Wildman–Crippen MR) is 91.6 cm³/mol. The molecule has 0 aliphatic rings. The van der Waals surface area contributed by atoms with Crippen LogP contribution < -0.4 is 5.43 Å². The minimum absolute atomic E-state index is 0.0180. The number of hydrazone groups is 1. The summed E-state index contributed by atoms with van der Waals surface area (Å²) in [7, 11) is 0. The zero-order valence-corrected chi connectivity index (χ0v) is 13.6. The number of benzene rings is 2. The molecule has 1 heterocycles. The van der Waals surface area contributed by atoms with E-state index in [4.69, 9.17) is 0 Å². The Hall–Kier alpha value is -2.96. The van der Waals surface area contributed by atoms with Gasteiger partial charge in [-0.3, -0.25) is 5.43 Å². The summed E-state index contributed by atoms with van der Waals surface area (Å²) in [5.74, 6) is -1.18. The monoisotopic (exact) mass is 344 g/mol. The van der Waals surface area contributed by atoms with E-state index in [9.17, 15) is 13.2 Å². The number of nitrogens with zero attached hydrogens (tertiary/aromatic N) is 3. The average Bonchev–Trinajstić information content (AvgIpc) is 2.59. The number of halogens is 3. The number of fused-ring (bicyclic) bond motifs is 1. The van der Waals surface area contributed by atoms with E-state index in [0.717, 1.165) is 11.1 Å². The standard InChI is InChI=1S/C18H15F3N4/c1-11-7-9-13(10-8-11)12(2)24-25-16-14-5-3-4-6-15(14)22-17(23-16)18(19,20)21/h3-10H,1-2H3,(H,22,23,25). The van der Waals surface area contributed by atoms with E-state index in [1.807, 2.05) is 31.2 Å². The van der Waals surface area contributed by atoms with Crippen molar-refractivity contribution in [3.8, 4) is 0 Å². The molecular weight excluding hydrogens is 329 g/mol. The summed E-state index contributed by atoms with van der Waals surface area (Å²) in [6, 6.07) is 14.2. The van der Waals surface area contributed by atoms with Crippen LogP contribution in [0.5, 0.6) is 0 Å². The third-order valence-corrected chi connectivity index (χ3v) is 3.66. The van der Waals surface area contributed by atoms with Crippen LogP contribution in [0.4, 0.5) is 19.0 Å². The molecule has 3 aromatic rings. The van der Waals surface area contributed by atoms with Gasteiger partial charge in [-0.1, -0.05) is 42.0 Å². The van der Waals surface area contributed by atoms with Crippen molar-refractivity contribution in [2.45, 2.75) is 20.0 Å². The molecule has 0 bridgehead atoms. The second-order valence-corrected chi connectivity index (χ2v) is 5.59. The summed E-state index contributed by atoms with van der Waals surface area (Å²) in [5, 5.41) is 4.65. The van der Waals surface area contributed by atoms with Crippen molar-refractivity contribution < 1.29 is 13.2 Å². The molecule has 0 fully saturated rings. The molecule has 1 N–H and O–H groups in total. The summed E-state index contributed by atoms with van der Waals surface area (Å²) in [6.07, 6.45) is -4.63. The first-order chi connectivity index (χ1) is 11.8. The van der Waals surface area contributed by atoms with Crippen molar-refractivity contribution in [3.63, 3.8) is 0 Å². The molecule has 0 saturated heterocycles. The maximum absolute atomic E-state index is 13.0. The van der Waals surface area contributed by atoms with Gasteiger partial charge in [-0.2, -0.15) is 18.3 Å². The van der Waals surface area contributed by atoms with Gasteiger partial charge in [0.05, 0.1) is 11.2 Å². The number of hydrogen-bond acceptors (Lipinski definition) is 4. The molecule has 0 aliphatic heterocycles. The Morgan fingerprint density at radius 2 is 1.68 bits per heavy atom. The third kappa shape index (κ3) is 3.76. The van der Waals surface area contributed by atoms with Crippen LogP contribution in [-0.4, -0.2) is 15.7 Å². The normalized spacial score (nSPS) is 12.4. The van der Waals surface area contributed by atoms with Crippen LogP contribution in [0.25, 0.3) is 10.9 Å². The van der Waals surface area contributed by atoms with E-state index in [2.05, 4.69) is 20.5 Å². The van der Waals surface area contributed by atoms with E-state index in [1.54, 1.807) is 25.1 Å². The number of nitrogens with one attached hydrogen (secondary N) is 1. The molecule has 0 unspecified atom stereocenters. The summed E-state index contributed by atoms with van der Waals surface area (Å²) >= 11 is 0. The molecule has 25 heavy (non-hydrogen) atoms. The topological polar surface area (TPSA) is 50.2 Å². The second kappa shape index (κ2) is 6.51. The number of aromatic nitrogens is 2. The van der Waals surface area contributed by atoms with Crippen LogP contribution in [0.3, 0.4) is 0 Å². The van der Waals surface area contributed by atoms with Gasteiger partial charge >= 0.3 is 6.18 Å². The van der Waals surface area contributed by atoms with Crippen LogP contribution in [0, 0.1) is 6.92 Å². The van der Waals surface area contributed by atoms with E-state index < -0.39 is 12.0 Å². The van der Waals surface area contributed by atoms with Crippen LogP contribution >= 0.6 is 0 Å². The Morgan fingerprint density at radius 3 is 2.36 bits per heavy atom. The lowest BCUT2D eigenvalue weighted by Crippen LogP contribution is -2.13. The van der Waals surface area contributed by atoms with Gasteiger partial charge in [-0.15, -0.1) is 0 Å². The third-order valence-electron chi connectivity index (χ3n) is 3.66. The number of rotatable bonds is 3. The number of hydrogen-bond donors (Lipinski definition) is 1. The minimum Gasteiger partial charge on any atom is -0.260 e. The van der Waals surface area contributed by atoms with Gasteiger partial charge in [-0.25, -0.2) is 9.97 Å². The lowest BCUT2D eigenvalue weighted by Gasteiger charge is -2.10. The molecule has 0 radical (unpaired) electrons. The summed E-state index contributed by atoms with van der Waals surface area (Å²) in [5.41, 5.74) is 5.47. The Balaban J connectivity index is 2.00. The Bertz CT molecular complexity index is 931. The van der Waals surface area contributed by atoms with E-state index in [-0.39, 0.29) is 11.3 Å². The minimum atomic E-state index is -4.63. The highest BCUT2D eigenvalue weighted by molar-refractivity contribution is 5.99. The fourth-order valence-electron chi connectivity index (χ4n) is 2.28. The number of para-hydroxylation sites is 1. The van der Waals surface area contributed by atoms with Crippen LogP contribution in [0.1, 0.15) is 23.9 Å². The number of aryl methyl sites for hydroxylation is 1. The largest absolute Gasteiger partial charge is 0.451 e. The molecule has 0 saturated carbocycles. The molecule has 2 aromatic carbocycles. The maximum atomic E-state index is 13.0. The second-order valence-electron chi connectivity index (χ2n) is 5.59. The molecule has 0 spiro atoms. The van der Waals surface area contributed by atoms with Crippen molar-refractivity contribution in [1.82, 2.24) is 9.97 Å². The summed E-state index contributed by atoms with van der Waals surface area (Å²) < 4.78 is 39.0. The van der Waals surface area contributed by atoms with Crippen molar-refractivity contribution >= 4 is 22.4 Å². The molecule has 0 amide bonds. The highest BCUT2D eigenvalue weighted by Crippen LogP contribution is 2.30. The SMILES string of the molecule is CC(=NNc1nc(C(F)(F)F)nc2ccccc12)c1ccc(C)cc1. The highest BCUT2D eigenvalue weighted by atomic mass is 19.4. The van der Waals surface area contributed by atoms with Gasteiger partial charge in [0.25, 0.3) is 0 Å². The summed E-state index contributed by atoms with van der Waals surface area (Å²) in [4.78, 5) is 7.18. The van der Waals surface area contributed by atoms with Gasteiger partial charge in [0.1, 0.15) is 0 Å². The van der Waals surface area contributed by atoms with Crippen LogP contribution in [0.15, 0.2) is 53.6 Å². The first kappa shape index (κ1) is 16.9.